The normalized spacial score (nSPS) is 23.6. The van der Waals surface area contributed by atoms with Gasteiger partial charge in [0.1, 0.15) is 5.60 Å². The fourth-order valence-electron chi connectivity index (χ4n) is 2.98. The molecular formula is C18H30N2O2S. The zero-order chi connectivity index (χ0) is 17.1. The third kappa shape index (κ3) is 5.50. The number of amides is 1. The summed E-state index contributed by atoms with van der Waals surface area (Å²) in [4.78, 5) is 14.2. The van der Waals surface area contributed by atoms with Crippen molar-refractivity contribution in [2.75, 3.05) is 19.6 Å². The summed E-state index contributed by atoms with van der Waals surface area (Å²) in [7, 11) is 0. The first-order chi connectivity index (χ1) is 10.7. The highest BCUT2D eigenvalue weighted by atomic mass is 32.1. The van der Waals surface area contributed by atoms with E-state index < -0.39 is 5.60 Å². The van der Waals surface area contributed by atoms with Gasteiger partial charge in [-0.3, -0.25) is 0 Å². The summed E-state index contributed by atoms with van der Waals surface area (Å²) in [5.41, 5.74) is 0.995. The van der Waals surface area contributed by atoms with Gasteiger partial charge in [0, 0.05) is 25.7 Å². The Bertz CT molecular complexity index is 510. The first-order valence-electron chi connectivity index (χ1n) is 8.42. The molecule has 0 radical (unpaired) electrons. The lowest BCUT2D eigenvalue weighted by Gasteiger charge is -2.41. The number of hydrogen-bond acceptors (Lipinski definition) is 4. The van der Waals surface area contributed by atoms with Crippen LogP contribution in [0.25, 0.3) is 0 Å². The highest BCUT2D eigenvalue weighted by Gasteiger charge is 2.35. The highest BCUT2D eigenvalue weighted by molar-refractivity contribution is 7.07. The van der Waals surface area contributed by atoms with E-state index in [0.717, 1.165) is 32.5 Å². The van der Waals surface area contributed by atoms with E-state index >= 15 is 0 Å². The summed E-state index contributed by atoms with van der Waals surface area (Å²) < 4.78 is 5.52. The van der Waals surface area contributed by atoms with Gasteiger partial charge in [-0.15, -0.1) is 0 Å². The van der Waals surface area contributed by atoms with E-state index in [-0.39, 0.29) is 11.5 Å². The van der Waals surface area contributed by atoms with E-state index in [9.17, 15) is 4.79 Å². The van der Waals surface area contributed by atoms with Gasteiger partial charge < -0.3 is 15.0 Å². The molecule has 1 fully saturated rings. The fourth-order valence-corrected chi connectivity index (χ4v) is 3.74. The van der Waals surface area contributed by atoms with Crippen molar-refractivity contribution in [1.29, 1.82) is 0 Å². The topological polar surface area (TPSA) is 41.6 Å². The van der Waals surface area contributed by atoms with Crippen LogP contribution in [0.15, 0.2) is 16.8 Å². The third-order valence-corrected chi connectivity index (χ3v) is 5.01. The summed E-state index contributed by atoms with van der Waals surface area (Å²) in [5.74, 6) is 0. The third-order valence-electron chi connectivity index (χ3n) is 4.31. The highest BCUT2D eigenvalue weighted by Crippen LogP contribution is 2.30. The Kier molecular flexibility index (Phi) is 5.74. The van der Waals surface area contributed by atoms with Crippen LogP contribution < -0.4 is 5.32 Å². The largest absolute Gasteiger partial charge is 0.444 e. The lowest BCUT2D eigenvalue weighted by atomic mass is 9.81. The van der Waals surface area contributed by atoms with Crippen molar-refractivity contribution in [3.8, 4) is 0 Å². The quantitative estimate of drug-likeness (QED) is 0.882. The van der Waals surface area contributed by atoms with Gasteiger partial charge in [0.15, 0.2) is 0 Å². The van der Waals surface area contributed by atoms with Crippen LogP contribution in [0.5, 0.6) is 0 Å². The second-order valence-corrected chi connectivity index (χ2v) is 8.76. The minimum Gasteiger partial charge on any atom is -0.444 e. The average Bonchev–Trinajstić information content (AvgIpc) is 2.97. The zero-order valence-electron chi connectivity index (χ0n) is 15.0. The van der Waals surface area contributed by atoms with Gasteiger partial charge in [-0.05, 0) is 68.3 Å². The molecule has 4 nitrogen and oxygen atoms in total. The zero-order valence-corrected chi connectivity index (χ0v) is 15.8. The molecule has 2 heterocycles. The number of rotatable bonds is 4. The molecular weight excluding hydrogens is 308 g/mol. The molecule has 130 valence electrons. The van der Waals surface area contributed by atoms with Crippen LogP contribution in [-0.2, 0) is 4.74 Å². The number of nitrogens with one attached hydrogen (secondary N) is 1. The van der Waals surface area contributed by atoms with Gasteiger partial charge in [-0.25, -0.2) is 4.79 Å². The molecule has 2 atom stereocenters. The Morgan fingerprint density at radius 2 is 2.26 bits per heavy atom. The van der Waals surface area contributed by atoms with Gasteiger partial charge in [-0.2, -0.15) is 11.3 Å². The number of hydrogen-bond donors (Lipinski definition) is 1. The molecule has 1 aliphatic heterocycles. The van der Waals surface area contributed by atoms with Crippen molar-refractivity contribution in [1.82, 2.24) is 10.2 Å². The Hall–Kier alpha value is -1.07. The predicted octanol–water partition coefficient (Wildman–Crippen LogP) is 4.44. The van der Waals surface area contributed by atoms with Crippen LogP contribution in [-0.4, -0.2) is 36.2 Å². The second-order valence-electron chi connectivity index (χ2n) is 7.98. The van der Waals surface area contributed by atoms with Gasteiger partial charge >= 0.3 is 6.09 Å². The molecule has 1 aliphatic rings. The molecule has 0 saturated carbocycles. The van der Waals surface area contributed by atoms with Gasteiger partial charge in [0.25, 0.3) is 0 Å². The van der Waals surface area contributed by atoms with Crippen molar-refractivity contribution >= 4 is 17.4 Å². The van der Waals surface area contributed by atoms with Crippen LogP contribution >= 0.6 is 11.3 Å². The van der Waals surface area contributed by atoms with E-state index in [1.54, 1.807) is 11.3 Å². The van der Waals surface area contributed by atoms with Gasteiger partial charge in [0.2, 0.25) is 0 Å². The number of thiophene rings is 1. The standard InChI is InChI=1S/C18H30N2O2S/c1-14(15-7-10-23-11-15)19-12-18(5)8-6-9-20(13-18)16(21)22-17(2,3)4/h7,10-11,14,19H,6,8-9,12-13H2,1-5H3. The Morgan fingerprint density at radius 1 is 1.52 bits per heavy atom. The molecule has 5 heteroatoms. The number of ether oxygens (including phenoxy) is 1. The summed E-state index contributed by atoms with van der Waals surface area (Å²) in [6.45, 7) is 12.7. The number of likely N-dealkylation sites (tertiary alicyclic amines) is 1. The molecule has 2 unspecified atom stereocenters. The van der Waals surface area contributed by atoms with Crippen LogP contribution in [0.2, 0.25) is 0 Å². The second kappa shape index (κ2) is 7.22. The number of carbonyl (C=O) groups is 1. The van der Waals surface area contributed by atoms with Crippen molar-refractivity contribution in [3.63, 3.8) is 0 Å². The molecule has 1 aromatic heterocycles. The van der Waals surface area contributed by atoms with Crippen LogP contribution in [0.4, 0.5) is 4.79 Å². The smallest absolute Gasteiger partial charge is 0.410 e. The van der Waals surface area contributed by atoms with Crippen molar-refractivity contribution in [3.05, 3.63) is 22.4 Å². The molecule has 2 rings (SSSR count). The van der Waals surface area contributed by atoms with E-state index in [0.29, 0.717) is 6.04 Å². The van der Waals surface area contributed by atoms with Crippen molar-refractivity contribution < 1.29 is 9.53 Å². The van der Waals surface area contributed by atoms with E-state index in [2.05, 4.69) is 36.0 Å². The number of nitrogens with zero attached hydrogens (tertiary/aromatic N) is 1. The summed E-state index contributed by atoms with van der Waals surface area (Å²) in [6.07, 6.45) is 1.98. The first kappa shape index (κ1) is 18.3. The molecule has 1 amide bonds. The molecule has 0 spiro atoms. The van der Waals surface area contributed by atoms with Gasteiger partial charge in [-0.1, -0.05) is 6.92 Å². The Labute approximate surface area is 144 Å². The molecule has 0 bridgehead atoms. The van der Waals surface area contributed by atoms with Crippen molar-refractivity contribution in [2.45, 2.75) is 59.1 Å². The maximum absolute atomic E-state index is 12.3. The number of carbonyl (C=O) groups excluding carboxylic acids is 1. The molecule has 1 N–H and O–H groups in total. The Morgan fingerprint density at radius 3 is 2.87 bits per heavy atom. The molecule has 0 aromatic carbocycles. The number of piperidine rings is 1. The monoisotopic (exact) mass is 338 g/mol. The average molecular weight is 339 g/mol. The molecule has 0 aliphatic carbocycles. The predicted molar refractivity (Wildman–Crippen MR) is 95.9 cm³/mol. The van der Waals surface area contributed by atoms with Crippen LogP contribution in [0.1, 0.15) is 59.1 Å². The van der Waals surface area contributed by atoms with Crippen LogP contribution in [0, 0.1) is 5.41 Å². The van der Waals surface area contributed by atoms with Gasteiger partial charge in [0.05, 0.1) is 0 Å². The molecule has 1 aromatic rings. The van der Waals surface area contributed by atoms with E-state index in [4.69, 9.17) is 4.74 Å². The molecule has 1 saturated heterocycles. The summed E-state index contributed by atoms with van der Waals surface area (Å²) in [5, 5.41) is 7.93. The lowest BCUT2D eigenvalue weighted by molar-refractivity contribution is 0.00653. The van der Waals surface area contributed by atoms with Crippen molar-refractivity contribution in [2.24, 2.45) is 5.41 Å². The summed E-state index contributed by atoms with van der Waals surface area (Å²) >= 11 is 1.73. The maximum Gasteiger partial charge on any atom is 0.410 e. The first-order valence-corrected chi connectivity index (χ1v) is 9.36. The lowest BCUT2D eigenvalue weighted by Crippen LogP contribution is -2.50. The van der Waals surface area contributed by atoms with Crippen LogP contribution in [0.3, 0.4) is 0 Å². The van der Waals surface area contributed by atoms with E-state index in [1.807, 2.05) is 25.7 Å². The van der Waals surface area contributed by atoms with E-state index in [1.165, 1.54) is 5.56 Å². The Balaban J connectivity index is 1.89. The summed E-state index contributed by atoms with van der Waals surface area (Å²) in [6, 6.07) is 2.51. The minimum atomic E-state index is -0.434. The maximum atomic E-state index is 12.3. The molecule has 23 heavy (non-hydrogen) atoms. The SMILES string of the molecule is CC(NCC1(C)CCCN(C(=O)OC(C)(C)C)C1)c1ccsc1. The minimum absolute atomic E-state index is 0.0967. The fraction of sp³-hybridized carbons (Fsp3) is 0.722.